The predicted molar refractivity (Wildman–Crippen MR) is 94.3 cm³/mol. The predicted octanol–water partition coefficient (Wildman–Crippen LogP) is 3.91. The fourth-order valence-corrected chi connectivity index (χ4v) is 2.52. The Balaban J connectivity index is 2.24. The van der Waals surface area contributed by atoms with Crippen LogP contribution in [0.5, 0.6) is 0 Å². The number of ether oxygens (including phenoxy) is 1. The van der Waals surface area contributed by atoms with Gasteiger partial charge in [0.15, 0.2) is 0 Å². The normalized spacial score (nSPS) is 10.2. The first-order chi connectivity index (χ1) is 11.2. The van der Waals surface area contributed by atoms with Crippen LogP contribution in [-0.2, 0) is 4.74 Å². The van der Waals surface area contributed by atoms with E-state index in [2.05, 4.69) is 15.9 Å². The molecule has 0 aliphatic carbocycles. The molecule has 23 heavy (non-hydrogen) atoms. The third-order valence-electron chi connectivity index (χ3n) is 3.26. The lowest BCUT2D eigenvalue weighted by molar-refractivity contribution is 0.0526. The van der Waals surface area contributed by atoms with E-state index in [-0.39, 0.29) is 11.9 Å². The van der Waals surface area contributed by atoms with Crippen molar-refractivity contribution in [2.45, 2.75) is 6.92 Å². The SMILES string of the molecule is CCOC(=O)c1ccc(N(CCBr)C(=O)c2ccccc2)cc1. The Morgan fingerprint density at radius 1 is 1.00 bits per heavy atom. The van der Waals surface area contributed by atoms with Gasteiger partial charge in [-0.25, -0.2) is 4.79 Å². The molecular weight excluding hydrogens is 358 g/mol. The molecular formula is C18H18BrNO3. The van der Waals surface area contributed by atoms with E-state index in [1.807, 2.05) is 18.2 Å². The van der Waals surface area contributed by atoms with Crippen molar-refractivity contribution in [3.05, 3.63) is 65.7 Å². The lowest BCUT2D eigenvalue weighted by Gasteiger charge is -2.22. The molecule has 2 rings (SSSR count). The maximum atomic E-state index is 12.7. The van der Waals surface area contributed by atoms with Crippen LogP contribution in [0.15, 0.2) is 54.6 Å². The summed E-state index contributed by atoms with van der Waals surface area (Å²) in [7, 11) is 0. The van der Waals surface area contributed by atoms with Crippen LogP contribution in [0.25, 0.3) is 0 Å². The molecule has 0 spiro atoms. The molecule has 0 saturated carbocycles. The number of hydrogen-bond donors (Lipinski definition) is 0. The van der Waals surface area contributed by atoms with Gasteiger partial charge in [-0.1, -0.05) is 34.1 Å². The zero-order valence-corrected chi connectivity index (χ0v) is 14.5. The molecule has 0 unspecified atom stereocenters. The van der Waals surface area contributed by atoms with Crippen LogP contribution in [0.2, 0.25) is 0 Å². The average molecular weight is 376 g/mol. The van der Waals surface area contributed by atoms with E-state index in [0.717, 1.165) is 5.69 Å². The number of rotatable bonds is 6. The molecule has 4 nitrogen and oxygen atoms in total. The van der Waals surface area contributed by atoms with Crippen LogP contribution >= 0.6 is 15.9 Å². The highest BCUT2D eigenvalue weighted by Gasteiger charge is 2.17. The highest BCUT2D eigenvalue weighted by atomic mass is 79.9. The summed E-state index contributed by atoms with van der Waals surface area (Å²) < 4.78 is 4.97. The topological polar surface area (TPSA) is 46.6 Å². The van der Waals surface area contributed by atoms with Gasteiger partial charge in [0.1, 0.15) is 0 Å². The molecule has 0 aliphatic rings. The monoisotopic (exact) mass is 375 g/mol. The van der Waals surface area contributed by atoms with Crippen LogP contribution < -0.4 is 4.90 Å². The summed E-state index contributed by atoms with van der Waals surface area (Å²) in [5.74, 6) is -0.436. The molecule has 0 N–H and O–H groups in total. The van der Waals surface area contributed by atoms with Gasteiger partial charge in [-0.2, -0.15) is 0 Å². The van der Waals surface area contributed by atoms with Crippen LogP contribution in [0, 0.1) is 0 Å². The van der Waals surface area contributed by atoms with Crippen molar-refractivity contribution in [3.63, 3.8) is 0 Å². The van der Waals surface area contributed by atoms with E-state index in [0.29, 0.717) is 29.6 Å². The molecule has 0 saturated heterocycles. The summed E-state index contributed by atoms with van der Waals surface area (Å²) >= 11 is 3.38. The van der Waals surface area contributed by atoms with E-state index in [9.17, 15) is 9.59 Å². The van der Waals surface area contributed by atoms with Crippen molar-refractivity contribution in [3.8, 4) is 0 Å². The fraction of sp³-hybridized carbons (Fsp3) is 0.222. The van der Waals surface area contributed by atoms with Gasteiger partial charge in [-0.15, -0.1) is 0 Å². The maximum Gasteiger partial charge on any atom is 0.338 e. The third-order valence-corrected chi connectivity index (χ3v) is 3.62. The Labute approximate surface area is 144 Å². The minimum Gasteiger partial charge on any atom is -0.462 e. The van der Waals surface area contributed by atoms with Crippen molar-refractivity contribution in [2.24, 2.45) is 0 Å². The van der Waals surface area contributed by atoms with Gasteiger partial charge in [0.25, 0.3) is 5.91 Å². The first kappa shape index (κ1) is 17.2. The van der Waals surface area contributed by atoms with Gasteiger partial charge in [0.05, 0.1) is 12.2 Å². The van der Waals surface area contributed by atoms with Crippen molar-refractivity contribution in [1.29, 1.82) is 0 Å². The Morgan fingerprint density at radius 3 is 2.22 bits per heavy atom. The second-order valence-electron chi connectivity index (χ2n) is 4.78. The maximum absolute atomic E-state index is 12.7. The van der Waals surface area contributed by atoms with Crippen LogP contribution in [0.1, 0.15) is 27.6 Å². The van der Waals surface area contributed by atoms with Gasteiger partial charge in [0, 0.05) is 23.1 Å². The molecule has 0 atom stereocenters. The van der Waals surface area contributed by atoms with E-state index in [1.54, 1.807) is 48.2 Å². The number of alkyl halides is 1. The second-order valence-corrected chi connectivity index (χ2v) is 5.57. The molecule has 2 aromatic rings. The van der Waals surface area contributed by atoms with Gasteiger partial charge in [-0.3, -0.25) is 4.79 Å². The number of amides is 1. The molecule has 0 radical (unpaired) electrons. The Hall–Kier alpha value is -2.14. The molecule has 1 amide bonds. The summed E-state index contributed by atoms with van der Waals surface area (Å²) in [5, 5.41) is 0.658. The minimum absolute atomic E-state index is 0.0751. The highest BCUT2D eigenvalue weighted by molar-refractivity contribution is 9.09. The second kappa shape index (κ2) is 8.48. The minimum atomic E-state index is -0.361. The van der Waals surface area contributed by atoms with E-state index in [4.69, 9.17) is 4.74 Å². The summed E-state index contributed by atoms with van der Waals surface area (Å²) in [6, 6.07) is 16.0. The van der Waals surface area contributed by atoms with Crippen LogP contribution in [0.3, 0.4) is 0 Å². The molecule has 0 aliphatic heterocycles. The number of halogens is 1. The van der Waals surface area contributed by atoms with Crippen molar-refractivity contribution in [2.75, 3.05) is 23.4 Å². The molecule has 0 aromatic heterocycles. The van der Waals surface area contributed by atoms with Crippen molar-refractivity contribution in [1.82, 2.24) is 0 Å². The van der Waals surface area contributed by atoms with E-state index < -0.39 is 0 Å². The van der Waals surface area contributed by atoms with Crippen LogP contribution in [0.4, 0.5) is 5.69 Å². The van der Waals surface area contributed by atoms with Crippen LogP contribution in [-0.4, -0.2) is 30.4 Å². The van der Waals surface area contributed by atoms with Crippen molar-refractivity contribution < 1.29 is 14.3 Å². The summed E-state index contributed by atoms with van der Waals surface area (Å²) in [6.45, 7) is 2.64. The zero-order chi connectivity index (χ0) is 16.7. The summed E-state index contributed by atoms with van der Waals surface area (Å²) in [4.78, 5) is 26.0. The van der Waals surface area contributed by atoms with Gasteiger partial charge < -0.3 is 9.64 Å². The van der Waals surface area contributed by atoms with Gasteiger partial charge in [0.2, 0.25) is 0 Å². The molecule has 0 bridgehead atoms. The van der Waals surface area contributed by atoms with Crippen molar-refractivity contribution >= 4 is 33.5 Å². The number of esters is 1. The molecule has 2 aromatic carbocycles. The van der Waals surface area contributed by atoms with E-state index >= 15 is 0 Å². The Bertz CT molecular complexity index is 656. The first-order valence-electron chi connectivity index (χ1n) is 7.37. The smallest absolute Gasteiger partial charge is 0.338 e. The number of benzene rings is 2. The molecule has 0 fully saturated rings. The van der Waals surface area contributed by atoms with Gasteiger partial charge in [-0.05, 0) is 43.3 Å². The molecule has 0 heterocycles. The number of hydrogen-bond acceptors (Lipinski definition) is 3. The van der Waals surface area contributed by atoms with E-state index in [1.165, 1.54) is 0 Å². The summed E-state index contributed by atoms with van der Waals surface area (Å²) in [6.07, 6.45) is 0. The fourth-order valence-electron chi connectivity index (χ4n) is 2.16. The zero-order valence-electron chi connectivity index (χ0n) is 12.9. The Kier molecular flexibility index (Phi) is 6.35. The summed E-state index contributed by atoms with van der Waals surface area (Å²) in [5.41, 5.74) is 1.84. The lowest BCUT2D eigenvalue weighted by Crippen LogP contribution is -2.32. The lowest BCUT2D eigenvalue weighted by atomic mass is 10.1. The number of carbonyl (C=O) groups is 2. The number of carbonyl (C=O) groups excluding carboxylic acids is 2. The third kappa shape index (κ3) is 4.42. The molecule has 120 valence electrons. The standard InChI is InChI=1S/C18H18BrNO3/c1-2-23-18(22)15-8-10-16(11-9-15)20(13-12-19)17(21)14-6-4-3-5-7-14/h3-11H,2,12-13H2,1H3. The van der Waals surface area contributed by atoms with Gasteiger partial charge >= 0.3 is 5.97 Å². The highest BCUT2D eigenvalue weighted by Crippen LogP contribution is 2.19. The quantitative estimate of drug-likeness (QED) is 0.568. The average Bonchev–Trinajstić information content (AvgIpc) is 2.60. The largest absolute Gasteiger partial charge is 0.462 e. The first-order valence-corrected chi connectivity index (χ1v) is 8.49. The number of nitrogens with zero attached hydrogens (tertiary/aromatic N) is 1. The Morgan fingerprint density at radius 2 is 1.65 bits per heavy atom. The number of anilines is 1. The molecule has 5 heteroatoms.